The number of nitrogens with one attached hydrogen (secondary N) is 2. The first-order valence-corrected chi connectivity index (χ1v) is 16.8. The number of carbonyl (C=O) groups is 3. The first-order valence-electron chi connectivity index (χ1n) is 15.2. The first kappa shape index (κ1) is 39.3. The van der Waals surface area contributed by atoms with E-state index in [0.717, 1.165) is 38.0 Å². The Hall–Kier alpha value is -4.09. The Kier molecular flexibility index (Phi) is 13.7. The fraction of sp³-hybridized carbons (Fsp3) is 0.567. The van der Waals surface area contributed by atoms with E-state index in [1.165, 1.54) is 19.1 Å². The number of aliphatic hydroxyl groups excluding tert-OH is 1. The van der Waals surface area contributed by atoms with E-state index in [0.29, 0.717) is 4.57 Å². The van der Waals surface area contributed by atoms with E-state index in [4.69, 9.17) is 23.3 Å². The van der Waals surface area contributed by atoms with E-state index in [1.54, 1.807) is 32.0 Å². The monoisotopic (exact) mass is 716 g/mol. The first-order chi connectivity index (χ1) is 23.0. The maximum atomic E-state index is 16.2. The van der Waals surface area contributed by atoms with Crippen LogP contribution in [-0.2, 0) is 44.2 Å². The fourth-order valence-electron chi connectivity index (χ4n) is 4.83. The number of hydrogen-bond acceptors (Lipinski definition) is 13. The number of carbonyl (C=O) groups excluding carboxylic acids is 3. The van der Waals surface area contributed by atoms with E-state index in [1.807, 2.05) is 0 Å². The zero-order chi connectivity index (χ0) is 36.5. The third-order valence-corrected chi connectivity index (χ3v) is 9.03. The lowest BCUT2D eigenvalue weighted by molar-refractivity contribution is -0.149. The number of esters is 2. The van der Waals surface area contributed by atoms with Crippen molar-refractivity contribution in [2.24, 2.45) is 5.92 Å². The number of methoxy groups -OCH3 is 2. The van der Waals surface area contributed by atoms with Gasteiger partial charge in [0, 0.05) is 25.4 Å². The van der Waals surface area contributed by atoms with Crippen LogP contribution in [0.25, 0.3) is 0 Å². The van der Waals surface area contributed by atoms with Crippen molar-refractivity contribution in [2.45, 2.75) is 76.9 Å². The van der Waals surface area contributed by atoms with Gasteiger partial charge < -0.3 is 33.9 Å². The number of amides is 1. The van der Waals surface area contributed by atoms with Crippen LogP contribution < -0.4 is 26.2 Å². The van der Waals surface area contributed by atoms with Gasteiger partial charge in [-0.15, -0.1) is 0 Å². The van der Waals surface area contributed by atoms with Gasteiger partial charge in [-0.2, -0.15) is 5.09 Å². The Morgan fingerprint density at radius 3 is 2.37 bits per heavy atom. The van der Waals surface area contributed by atoms with Gasteiger partial charge in [0.05, 0.1) is 32.8 Å². The second-order valence-electron chi connectivity index (χ2n) is 11.5. The predicted molar refractivity (Wildman–Crippen MR) is 169 cm³/mol. The maximum Gasteiger partial charge on any atom is 0.459 e. The number of rotatable bonds is 16. The number of alkyl halides is 1. The predicted octanol–water partition coefficient (Wildman–Crippen LogP) is 1.67. The van der Waals surface area contributed by atoms with Crippen molar-refractivity contribution in [1.82, 2.24) is 19.5 Å². The standard InChI is InChI=1S/C30H42FN4O13P/c1-18(2)46-25(38)19(3)33-49(42,48-21-10-8-7-9-11-21)45-17-22-24(37)30(4,31)27(47-22)34-15-13-23(36)35(29(34)41)16-20(26(39)43-5)12-14-32-28(40)44-6/h7-11,13,15,18-20,22,24,27,37H,12,14,16-17H2,1-6H3,(H,32,40)(H,33,42)/t19-,20?,22+,24+,27+,30+,49-/m0/s1. The summed E-state index contributed by atoms with van der Waals surface area (Å²) in [4.78, 5) is 62.6. The normalized spacial score (nSPS) is 22.8. The van der Waals surface area contributed by atoms with Crippen LogP contribution in [0.15, 0.2) is 52.2 Å². The largest absolute Gasteiger partial charge is 0.469 e. The SMILES string of the molecule is COC(=O)NCCC(Cn1c(=O)ccn([C@@H]2O[C@H](CO[P@@](=O)(N[C@@H](C)C(=O)OC(C)C)Oc3ccccc3)[C@@H](O)[C@@]2(C)F)c1=O)C(=O)OC. The Bertz CT molecular complexity index is 1620. The number of aliphatic hydroxyl groups is 1. The van der Waals surface area contributed by atoms with E-state index in [2.05, 4.69) is 15.1 Å². The lowest BCUT2D eigenvalue weighted by atomic mass is 9.98. The molecule has 0 saturated carbocycles. The molecule has 1 amide bonds. The highest BCUT2D eigenvalue weighted by atomic mass is 31.2. The smallest absolute Gasteiger partial charge is 0.459 e. The molecule has 3 N–H and O–H groups in total. The van der Waals surface area contributed by atoms with Gasteiger partial charge in [-0.3, -0.25) is 28.0 Å². The van der Waals surface area contributed by atoms with E-state index in [-0.39, 0.29) is 18.7 Å². The highest BCUT2D eigenvalue weighted by Crippen LogP contribution is 2.47. The second-order valence-corrected chi connectivity index (χ2v) is 13.2. The van der Waals surface area contributed by atoms with Gasteiger partial charge in [-0.05, 0) is 46.2 Å². The summed E-state index contributed by atoms with van der Waals surface area (Å²) >= 11 is 0. The van der Waals surface area contributed by atoms with Crippen molar-refractivity contribution in [3.8, 4) is 5.75 Å². The number of alkyl carbamates (subject to hydrolysis) is 1. The molecule has 1 unspecified atom stereocenters. The van der Waals surface area contributed by atoms with Gasteiger partial charge in [-0.1, -0.05) is 18.2 Å². The van der Waals surface area contributed by atoms with Gasteiger partial charge in [0.2, 0.25) is 0 Å². The number of para-hydroxylation sites is 1. The molecule has 19 heteroatoms. The van der Waals surface area contributed by atoms with Crippen LogP contribution in [0.2, 0.25) is 0 Å². The molecule has 2 heterocycles. The molecule has 1 aliphatic heterocycles. The molecule has 1 aromatic heterocycles. The molecule has 3 rings (SSSR count). The summed E-state index contributed by atoms with van der Waals surface area (Å²) in [6.07, 6.45) is -5.62. The molecule has 1 fully saturated rings. The molecule has 1 aliphatic rings. The van der Waals surface area contributed by atoms with E-state index < -0.39 is 92.3 Å². The molecule has 1 aromatic carbocycles. The number of aromatic nitrogens is 2. The lowest BCUT2D eigenvalue weighted by Crippen LogP contribution is -2.47. The number of halogens is 1. The second kappa shape index (κ2) is 17.0. The van der Waals surface area contributed by atoms with E-state index in [9.17, 15) is 33.6 Å². The Morgan fingerprint density at radius 1 is 1.08 bits per heavy atom. The van der Waals surface area contributed by atoms with Crippen LogP contribution >= 0.6 is 7.75 Å². The zero-order valence-corrected chi connectivity index (χ0v) is 28.8. The summed E-state index contributed by atoms with van der Waals surface area (Å²) in [5.41, 5.74) is -4.58. The zero-order valence-electron chi connectivity index (χ0n) is 27.9. The number of nitrogens with zero attached hydrogens (tertiary/aromatic N) is 2. The third-order valence-electron chi connectivity index (χ3n) is 7.38. The minimum absolute atomic E-state index is 0.0472. The number of hydrogen-bond donors (Lipinski definition) is 3. The van der Waals surface area contributed by atoms with Crippen LogP contribution in [0.4, 0.5) is 9.18 Å². The molecule has 17 nitrogen and oxygen atoms in total. The van der Waals surface area contributed by atoms with Gasteiger partial charge in [0.25, 0.3) is 5.56 Å². The molecule has 7 atom stereocenters. The van der Waals surface area contributed by atoms with Crippen LogP contribution in [0.1, 0.15) is 40.3 Å². The average molecular weight is 717 g/mol. The Balaban J connectivity index is 1.85. The molecule has 0 bridgehead atoms. The molecule has 49 heavy (non-hydrogen) atoms. The highest BCUT2D eigenvalue weighted by Gasteiger charge is 2.56. The topological polar surface area (TPSA) is 212 Å². The molecule has 1 saturated heterocycles. The van der Waals surface area contributed by atoms with Crippen molar-refractivity contribution < 1.29 is 56.4 Å². The lowest BCUT2D eigenvalue weighted by Gasteiger charge is -2.26. The molecular weight excluding hydrogens is 674 g/mol. The molecule has 0 radical (unpaired) electrons. The highest BCUT2D eigenvalue weighted by molar-refractivity contribution is 7.52. The molecule has 0 spiro atoms. The van der Waals surface area contributed by atoms with Gasteiger partial charge in [0.15, 0.2) is 11.9 Å². The third kappa shape index (κ3) is 10.2. The summed E-state index contributed by atoms with van der Waals surface area (Å²) in [6.45, 7) is 4.28. The van der Waals surface area contributed by atoms with Crippen molar-refractivity contribution in [3.05, 3.63) is 63.4 Å². The average Bonchev–Trinajstić information content (AvgIpc) is 3.27. The number of benzene rings is 1. The van der Waals surface area contributed by atoms with Crippen molar-refractivity contribution in [3.63, 3.8) is 0 Å². The summed E-state index contributed by atoms with van der Waals surface area (Å²) in [7, 11) is -2.18. The Morgan fingerprint density at radius 2 is 1.76 bits per heavy atom. The summed E-state index contributed by atoms with van der Waals surface area (Å²) in [5, 5.41) is 15.8. The minimum Gasteiger partial charge on any atom is -0.469 e. The van der Waals surface area contributed by atoms with Gasteiger partial charge in [0.1, 0.15) is 24.0 Å². The molecular formula is C30H42FN4O13P. The quantitative estimate of drug-likeness (QED) is 0.128. The van der Waals surface area contributed by atoms with Crippen LogP contribution in [0.3, 0.4) is 0 Å². The fourth-order valence-corrected chi connectivity index (χ4v) is 6.33. The summed E-state index contributed by atoms with van der Waals surface area (Å²) in [5.74, 6) is -2.52. The van der Waals surface area contributed by atoms with Crippen molar-refractivity contribution in [2.75, 3.05) is 27.4 Å². The Labute approximate surface area is 281 Å². The summed E-state index contributed by atoms with van der Waals surface area (Å²) in [6, 6.07) is 7.60. The minimum atomic E-state index is -4.43. The van der Waals surface area contributed by atoms with E-state index >= 15 is 4.39 Å². The molecule has 272 valence electrons. The number of ether oxygens (including phenoxy) is 4. The summed E-state index contributed by atoms with van der Waals surface area (Å²) < 4.78 is 62.7. The molecule has 2 aromatic rings. The van der Waals surface area contributed by atoms with Crippen LogP contribution in [-0.4, -0.2) is 89.7 Å². The molecule has 0 aliphatic carbocycles. The van der Waals surface area contributed by atoms with Gasteiger partial charge in [-0.25, -0.2) is 18.5 Å². The van der Waals surface area contributed by atoms with Crippen molar-refractivity contribution >= 4 is 25.8 Å². The maximum absolute atomic E-state index is 16.2. The van der Waals surface area contributed by atoms with Crippen LogP contribution in [0.5, 0.6) is 5.75 Å². The van der Waals surface area contributed by atoms with Crippen LogP contribution in [0, 0.1) is 5.92 Å². The van der Waals surface area contributed by atoms with Gasteiger partial charge >= 0.3 is 31.5 Å². The van der Waals surface area contributed by atoms with Crippen molar-refractivity contribution in [1.29, 1.82) is 0 Å².